The van der Waals surface area contributed by atoms with Gasteiger partial charge in [0.2, 0.25) is 5.91 Å². The first-order valence-corrected chi connectivity index (χ1v) is 8.91. The molecule has 0 bridgehead atoms. The van der Waals surface area contributed by atoms with Crippen molar-refractivity contribution < 1.29 is 9.59 Å². The maximum atomic E-state index is 12.4. The van der Waals surface area contributed by atoms with Gasteiger partial charge in [0.25, 0.3) is 5.91 Å². The maximum Gasteiger partial charge on any atom is 0.257 e. The zero-order valence-electron chi connectivity index (χ0n) is 15.2. The van der Waals surface area contributed by atoms with Gasteiger partial charge in [0, 0.05) is 37.6 Å². The Morgan fingerprint density at radius 1 is 1.15 bits per heavy atom. The number of amides is 2. The van der Waals surface area contributed by atoms with Gasteiger partial charge in [-0.05, 0) is 49.1 Å². The topological polar surface area (TPSA) is 74.3 Å². The second kappa shape index (κ2) is 7.99. The van der Waals surface area contributed by atoms with Gasteiger partial charge in [-0.3, -0.25) is 9.59 Å². The molecular formula is C20H24N4O2. The van der Waals surface area contributed by atoms with Gasteiger partial charge in [0.15, 0.2) is 0 Å². The van der Waals surface area contributed by atoms with Gasteiger partial charge in [-0.1, -0.05) is 13.0 Å². The molecule has 1 atom stereocenters. The number of nitrogens with zero attached hydrogens (tertiary/aromatic N) is 2. The molecule has 2 heterocycles. The highest BCUT2D eigenvalue weighted by molar-refractivity contribution is 6.04. The van der Waals surface area contributed by atoms with Crippen LogP contribution in [-0.4, -0.2) is 29.9 Å². The molecule has 2 amide bonds. The lowest BCUT2D eigenvalue weighted by molar-refractivity contribution is -0.114. The Hall–Kier alpha value is -2.89. The number of rotatable bonds is 4. The smallest absolute Gasteiger partial charge is 0.257 e. The number of carbonyl (C=O) groups excluding carboxylic acids is 2. The average molecular weight is 352 g/mol. The first kappa shape index (κ1) is 17.9. The van der Waals surface area contributed by atoms with Crippen molar-refractivity contribution in [2.75, 3.05) is 28.6 Å². The lowest BCUT2D eigenvalue weighted by Gasteiger charge is -2.31. The Labute approximate surface area is 153 Å². The summed E-state index contributed by atoms with van der Waals surface area (Å²) in [7, 11) is 0. The number of hydrogen-bond donors (Lipinski definition) is 2. The molecule has 0 saturated carbocycles. The molecule has 0 aliphatic carbocycles. The molecule has 2 N–H and O–H groups in total. The van der Waals surface area contributed by atoms with E-state index in [1.54, 1.807) is 36.5 Å². The Kier molecular flexibility index (Phi) is 5.51. The van der Waals surface area contributed by atoms with Crippen LogP contribution in [0.3, 0.4) is 0 Å². The third-order valence-corrected chi connectivity index (χ3v) is 4.43. The molecule has 26 heavy (non-hydrogen) atoms. The number of piperidine rings is 1. The highest BCUT2D eigenvalue weighted by atomic mass is 16.2. The Balaban J connectivity index is 1.65. The van der Waals surface area contributed by atoms with Crippen LogP contribution in [0.5, 0.6) is 0 Å². The highest BCUT2D eigenvalue weighted by Crippen LogP contribution is 2.21. The molecule has 1 saturated heterocycles. The quantitative estimate of drug-likeness (QED) is 0.883. The van der Waals surface area contributed by atoms with Crippen LogP contribution in [0.15, 0.2) is 42.6 Å². The van der Waals surface area contributed by atoms with Crippen LogP contribution in [0.25, 0.3) is 0 Å². The molecule has 1 unspecified atom stereocenters. The van der Waals surface area contributed by atoms with E-state index in [4.69, 9.17) is 0 Å². The first-order chi connectivity index (χ1) is 12.5. The molecule has 1 aliphatic rings. The molecule has 6 nitrogen and oxygen atoms in total. The van der Waals surface area contributed by atoms with Gasteiger partial charge < -0.3 is 15.5 Å². The van der Waals surface area contributed by atoms with E-state index in [0.29, 0.717) is 22.9 Å². The number of nitrogens with one attached hydrogen (secondary N) is 2. The lowest BCUT2D eigenvalue weighted by atomic mass is 10.0. The van der Waals surface area contributed by atoms with Crippen LogP contribution in [0.4, 0.5) is 17.2 Å². The number of benzene rings is 1. The van der Waals surface area contributed by atoms with Crippen molar-refractivity contribution in [3.05, 3.63) is 48.2 Å². The Morgan fingerprint density at radius 2 is 1.92 bits per heavy atom. The van der Waals surface area contributed by atoms with Crippen LogP contribution in [-0.2, 0) is 4.79 Å². The SMILES string of the molecule is CC(=O)Nc1cccc(NC(=O)c2ccc(N3CCCC(C)C3)nc2)c1. The van der Waals surface area contributed by atoms with Crippen LogP contribution in [0, 0.1) is 5.92 Å². The molecule has 6 heteroatoms. The fraction of sp³-hybridized carbons (Fsp3) is 0.350. The van der Waals surface area contributed by atoms with Crippen molar-refractivity contribution in [2.24, 2.45) is 5.92 Å². The number of pyridine rings is 1. The maximum absolute atomic E-state index is 12.4. The summed E-state index contributed by atoms with van der Waals surface area (Å²) in [5.74, 6) is 1.21. The zero-order valence-corrected chi connectivity index (χ0v) is 15.2. The molecule has 1 fully saturated rings. The molecule has 1 aromatic carbocycles. The summed E-state index contributed by atoms with van der Waals surface area (Å²) >= 11 is 0. The fourth-order valence-corrected chi connectivity index (χ4v) is 3.19. The average Bonchev–Trinajstić information content (AvgIpc) is 2.61. The summed E-state index contributed by atoms with van der Waals surface area (Å²) in [6.45, 7) is 5.72. The van der Waals surface area contributed by atoms with Crippen LogP contribution >= 0.6 is 0 Å². The highest BCUT2D eigenvalue weighted by Gasteiger charge is 2.18. The standard InChI is InChI=1S/C20H24N4O2/c1-14-5-4-10-24(13-14)19-9-8-16(12-21-19)20(26)23-18-7-3-6-17(11-18)22-15(2)25/h3,6-9,11-12,14H,4-5,10,13H2,1-2H3,(H,22,25)(H,23,26). The molecule has 1 aromatic heterocycles. The fourth-order valence-electron chi connectivity index (χ4n) is 3.19. The van der Waals surface area contributed by atoms with Crippen molar-refractivity contribution in [1.82, 2.24) is 4.98 Å². The third kappa shape index (κ3) is 4.59. The van der Waals surface area contributed by atoms with Crippen molar-refractivity contribution in [1.29, 1.82) is 0 Å². The summed E-state index contributed by atoms with van der Waals surface area (Å²) in [4.78, 5) is 30.3. The third-order valence-electron chi connectivity index (χ3n) is 4.43. The Bertz CT molecular complexity index is 789. The van der Waals surface area contributed by atoms with Gasteiger partial charge in [-0.2, -0.15) is 0 Å². The minimum Gasteiger partial charge on any atom is -0.356 e. The van der Waals surface area contributed by atoms with E-state index < -0.39 is 0 Å². The van der Waals surface area contributed by atoms with Gasteiger partial charge in [-0.25, -0.2) is 4.98 Å². The van der Waals surface area contributed by atoms with Crippen molar-refractivity contribution in [3.63, 3.8) is 0 Å². The minimum atomic E-state index is -0.226. The lowest BCUT2D eigenvalue weighted by Crippen LogP contribution is -2.34. The number of aromatic nitrogens is 1. The molecule has 3 rings (SSSR count). The number of anilines is 3. The van der Waals surface area contributed by atoms with Crippen LogP contribution in [0.1, 0.15) is 37.0 Å². The molecule has 1 aliphatic heterocycles. The van der Waals surface area contributed by atoms with E-state index in [2.05, 4.69) is 27.4 Å². The van der Waals surface area contributed by atoms with Gasteiger partial charge in [0.05, 0.1) is 5.56 Å². The predicted molar refractivity (Wildman–Crippen MR) is 104 cm³/mol. The zero-order chi connectivity index (χ0) is 18.5. The van der Waals surface area contributed by atoms with E-state index in [1.165, 1.54) is 19.8 Å². The predicted octanol–water partition coefficient (Wildman–Crippen LogP) is 3.53. The second-order valence-corrected chi connectivity index (χ2v) is 6.81. The van der Waals surface area contributed by atoms with E-state index in [1.807, 2.05) is 6.07 Å². The second-order valence-electron chi connectivity index (χ2n) is 6.81. The van der Waals surface area contributed by atoms with Crippen LogP contribution in [0.2, 0.25) is 0 Å². The molecule has 0 spiro atoms. The van der Waals surface area contributed by atoms with E-state index in [9.17, 15) is 9.59 Å². The summed E-state index contributed by atoms with van der Waals surface area (Å²) in [6.07, 6.45) is 4.05. The number of hydrogen-bond acceptors (Lipinski definition) is 4. The Morgan fingerprint density at radius 3 is 2.58 bits per heavy atom. The van der Waals surface area contributed by atoms with Gasteiger partial charge >= 0.3 is 0 Å². The summed E-state index contributed by atoms with van der Waals surface area (Å²) in [5.41, 5.74) is 1.77. The molecular weight excluding hydrogens is 328 g/mol. The van der Waals surface area contributed by atoms with E-state index in [0.717, 1.165) is 18.9 Å². The summed E-state index contributed by atoms with van der Waals surface area (Å²) in [6, 6.07) is 10.7. The molecule has 0 radical (unpaired) electrons. The van der Waals surface area contributed by atoms with Gasteiger partial charge in [-0.15, -0.1) is 0 Å². The van der Waals surface area contributed by atoms with Crippen LogP contribution < -0.4 is 15.5 Å². The van der Waals surface area contributed by atoms with Gasteiger partial charge in [0.1, 0.15) is 5.82 Å². The van der Waals surface area contributed by atoms with Crippen molar-refractivity contribution >= 4 is 29.0 Å². The number of carbonyl (C=O) groups is 2. The normalized spacial score (nSPS) is 16.8. The minimum absolute atomic E-state index is 0.153. The first-order valence-electron chi connectivity index (χ1n) is 8.91. The van der Waals surface area contributed by atoms with E-state index in [-0.39, 0.29) is 11.8 Å². The molecule has 2 aromatic rings. The summed E-state index contributed by atoms with van der Waals surface area (Å²) < 4.78 is 0. The monoisotopic (exact) mass is 352 g/mol. The van der Waals surface area contributed by atoms with Crippen molar-refractivity contribution in [3.8, 4) is 0 Å². The summed E-state index contributed by atoms with van der Waals surface area (Å²) in [5, 5.41) is 5.53. The van der Waals surface area contributed by atoms with Crippen molar-refractivity contribution in [2.45, 2.75) is 26.7 Å². The molecule has 136 valence electrons. The largest absolute Gasteiger partial charge is 0.356 e. The van der Waals surface area contributed by atoms with E-state index >= 15 is 0 Å².